The molecular weight excluding hydrogens is 210 g/mol. The summed E-state index contributed by atoms with van der Waals surface area (Å²) in [6, 6.07) is 8.15. The first-order valence-electron chi connectivity index (χ1n) is 6.24. The monoisotopic (exact) mass is 229 g/mol. The Bertz CT molecular complexity index is 551. The molecular formula is C15H19NO. The molecule has 0 saturated heterocycles. The minimum Gasteiger partial charge on any atom is -0.347 e. The van der Waals surface area contributed by atoms with E-state index in [-0.39, 0.29) is 5.78 Å². The minimum atomic E-state index is 0.174. The molecule has 17 heavy (non-hydrogen) atoms. The summed E-state index contributed by atoms with van der Waals surface area (Å²) in [6.07, 6.45) is 3.26. The largest absolute Gasteiger partial charge is 0.347 e. The van der Waals surface area contributed by atoms with Crippen molar-refractivity contribution in [3.05, 3.63) is 35.5 Å². The average molecular weight is 229 g/mol. The fourth-order valence-corrected chi connectivity index (χ4v) is 2.48. The first kappa shape index (κ1) is 11.9. The van der Waals surface area contributed by atoms with E-state index in [9.17, 15) is 4.79 Å². The van der Waals surface area contributed by atoms with Crippen LogP contribution in [0.15, 0.2) is 24.3 Å². The molecule has 0 aliphatic heterocycles. The lowest BCUT2D eigenvalue weighted by molar-refractivity contribution is 0.101. The van der Waals surface area contributed by atoms with Crippen molar-refractivity contribution in [2.45, 2.75) is 33.1 Å². The van der Waals surface area contributed by atoms with Crippen molar-refractivity contribution < 1.29 is 4.79 Å². The van der Waals surface area contributed by atoms with Crippen molar-refractivity contribution in [2.75, 3.05) is 0 Å². The van der Waals surface area contributed by atoms with E-state index in [1.54, 1.807) is 6.92 Å². The van der Waals surface area contributed by atoms with Crippen LogP contribution >= 0.6 is 0 Å². The van der Waals surface area contributed by atoms with Crippen LogP contribution < -0.4 is 0 Å². The number of ketones is 1. The molecule has 1 aromatic heterocycles. The lowest BCUT2D eigenvalue weighted by atomic mass is 10.0. The summed E-state index contributed by atoms with van der Waals surface area (Å²) in [6.45, 7) is 3.84. The smallest absolute Gasteiger partial charge is 0.162 e. The molecule has 0 aliphatic carbocycles. The standard InChI is InChI=1S/C15H19NO/c1-4-5-9-14-15(11(2)17)12-8-6-7-10-13(12)16(14)3/h6-8,10H,4-5,9H2,1-3H3. The average Bonchev–Trinajstić information content (AvgIpc) is 2.60. The Morgan fingerprint density at radius 3 is 2.65 bits per heavy atom. The molecule has 1 aromatic carbocycles. The molecule has 0 saturated carbocycles. The van der Waals surface area contributed by atoms with E-state index in [0.717, 1.165) is 35.7 Å². The third kappa shape index (κ3) is 1.99. The van der Waals surface area contributed by atoms with Crippen LogP contribution in [0.1, 0.15) is 42.7 Å². The van der Waals surface area contributed by atoms with Crippen LogP contribution in [0.3, 0.4) is 0 Å². The molecule has 2 heteroatoms. The number of hydrogen-bond acceptors (Lipinski definition) is 1. The van der Waals surface area contributed by atoms with Crippen LogP contribution in [0.5, 0.6) is 0 Å². The predicted octanol–water partition coefficient (Wildman–Crippen LogP) is 3.72. The van der Waals surface area contributed by atoms with Gasteiger partial charge >= 0.3 is 0 Å². The van der Waals surface area contributed by atoms with Gasteiger partial charge in [0.2, 0.25) is 0 Å². The number of aromatic nitrogens is 1. The van der Waals surface area contributed by atoms with E-state index in [1.165, 1.54) is 5.69 Å². The van der Waals surface area contributed by atoms with E-state index < -0.39 is 0 Å². The van der Waals surface area contributed by atoms with Gasteiger partial charge in [-0.1, -0.05) is 31.5 Å². The molecule has 0 fully saturated rings. The lowest BCUT2D eigenvalue weighted by Crippen LogP contribution is -2.02. The lowest BCUT2D eigenvalue weighted by Gasteiger charge is -2.05. The zero-order chi connectivity index (χ0) is 12.4. The molecule has 2 nitrogen and oxygen atoms in total. The number of aryl methyl sites for hydroxylation is 1. The molecule has 0 unspecified atom stereocenters. The van der Waals surface area contributed by atoms with Crippen molar-refractivity contribution in [3.63, 3.8) is 0 Å². The van der Waals surface area contributed by atoms with Crippen LogP contribution in [0.4, 0.5) is 0 Å². The van der Waals surface area contributed by atoms with Gasteiger partial charge in [-0.05, 0) is 25.8 Å². The van der Waals surface area contributed by atoms with Crippen molar-refractivity contribution in [2.24, 2.45) is 7.05 Å². The summed E-state index contributed by atoms with van der Waals surface area (Å²) in [5.41, 5.74) is 3.25. The zero-order valence-corrected chi connectivity index (χ0v) is 10.8. The summed E-state index contributed by atoms with van der Waals surface area (Å²) in [4.78, 5) is 11.8. The van der Waals surface area contributed by atoms with Gasteiger partial charge in [0.25, 0.3) is 0 Å². The Labute approximate surface area is 102 Å². The SMILES string of the molecule is CCCCc1c(C(C)=O)c2ccccc2n1C. The molecule has 0 spiro atoms. The second-order valence-electron chi connectivity index (χ2n) is 4.56. The second-order valence-corrected chi connectivity index (χ2v) is 4.56. The Balaban J connectivity index is 2.67. The van der Waals surface area contributed by atoms with Crippen LogP contribution in [-0.2, 0) is 13.5 Å². The molecule has 0 radical (unpaired) electrons. The quantitative estimate of drug-likeness (QED) is 0.732. The Hall–Kier alpha value is -1.57. The summed E-state index contributed by atoms with van der Waals surface area (Å²) < 4.78 is 2.17. The summed E-state index contributed by atoms with van der Waals surface area (Å²) in [5, 5.41) is 1.09. The zero-order valence-electron chi connectivity index (χ0n) is 10.8. The highest BCUT2D eigenvalue weighted by atomic mass is 16.1. The van der Waals surface area contributed by atoms with Gasteiger partial charge in [0.15, 0.2) is 5.78 Å². The number of benzene rings is 1. The van der Waals surface area contributed by atoms with Gasteiger partial charge < -0.3 is 4.57 Å². The number of para-hydroxylation sites is 1. The van der Waals surface area contributed by atoms with Gasteiger partial charge in [-0.25, -0.2) is 0 Å². The summed E-state index contributed by atoms with van der Waals surface area (Å²) in [7, 11) is 2.06. The Kier molecular flexibility index (Phi) is 3.32. The molecule has 2 rings (SSSR count). The highest BCUT2D eigenvalue weighted by Crippen LogP contribution is 2.26. The molecule has 0 aliphatic rings. The van der Waals surface area contributed by atoms with Gasteiger partial charge in [-0.15, -0.1) is 0 Å². The van der Waals surface area contributed by atoms with Crippen LogP contribution in [0.2, 0.25) is 0 Å². The molecule has 2 aromatic rings. The molecule has 1 heterocycles. The number of carbonyl (C=O) groups is 1. The number of nitrogens with zero attached hydrogens (tertiary/aromatic N) is 1. The van der Waals surface area contributed by atoms with Gasteiger partial charge in [-0.2, -0.15) is 0 Å². The molecule has 90 valence electrons. The van der Waals surface area contributed by atoms with Gasteiger partial charge in [0, 0.05) is 29.2 Å². The van der Waals surface area contributed by atoms with Crippen molar-refractivity contribution in [3.8, 4) is 0 Å². The van der Waals surface area contributed by atoms with E-state index in [2.05, 4.69) is 24.6 Å². The minimum absolute atomic E-state index is 0.174. The second kappa shape index (κ2) is 4.74. The fourth-order valence-electron chi connectivity index (χ4n) is 2.48. The summed E-state index contributed by atoms with van der Waals surface area (Å²) >= 11 is 0. The first-order valence-corrected chi connectivity index (χ1v) is 6.24. The van der Waals surface area contributed by atoms with E-state index in [4.69, 9.17) is 0 Å². The van der Waals surface area contributed by atoms with Crippen LogP contribution in [0.25, 0.3) is 10.9 Å². The van der Waals surface area contributed by atoms with Crippen molar-refractivity contribution in [1.29, 1.82) is 0 Å². The highest BCUT2D eigenvalue weighted by molar-refractivity contribution is 6.08. The third-order valence-electron chi connectivity index (χ3n) is 3.35. The number of carbonyl (C=O) groups excluding carboxylic acids is 1. The topological polar surface area (TPSA) is 22.0 Å². The van der Waals surface area contributed by atoms with Crippen molar-refractivity contribution >= 4 is 16.7 Å². The molecule has 0 atom stereocenters. The van der Waals surface area contributed by atoms with Gasteiger partial charge in [-0.3, -0.25) is 4.79 Å². The molecule has 0 amide bonds. The number of hydrogen-bond donors (Lipinski definition) is 0. The maximum absolute atomic E-state index is 11.8. The van der Waals surface area contributed by atoms with Gasteiger partial charge in [0.05, 0.1) is 0 Å². The van der Waals surface area contributed by atoms with Crippen molar-refractivity contribution in [1.82, 2.24) is 4.57 Å². The maximum atomic E-state index is 11.8. The van der Waals surface area contributed by atoms with E-state index in [1.807, 2.05) is 18.2 Å². The molecule has 0 bridgehead atoms. The van der Waals surface area contributed by atoms with Crippen LogP contribution in [0, 0.1) is 0 Å². The van der Waals surface area contributed by atoms with E-state index in [0.29, 0.717) is 0 Å². The highest BCUT2D eigenvalue weighted by Gasteiger charge is 2.17. The number of rotatable bonds is 4. The Morgan fingerprint density at radius 2 is 2.00 bits per heavy atom. The maximum Gasteiger partial charge on any atom is 0.162 e. The number of unbranched alkanes of at least 4 members (excludes halogenated alkanes) is 1. The first-order chi connectivity index (χ1) is 8.16. The normalized spacial score (nSPS) is 11.0. The van der Waals surface area contributed by atoms with Crippen LogP contribution in [-0.4, -0.2) is 10.4 Å². The number of fused-ring (bicyclic) bond motifs is 1. The Morgan fingerprint density at radius 1 is 1.29 bits per heavy atom. The third-order valence-corrected chi connectivity index (χ3v) is 3.35. The van der Waals surface area contributed by atoms with Gasteiger partial charge in [0.1, 0.15) is 0 Å². The molecule has 0 N–H and O–H groups in total. The van der Waals surface area contributed by atoms with E-state index >= 15 is 0 Å². The summed E-state index contributed by atoms with van der Waals surface area (Å²) in [5.74, 6) is 0.174. The predicted molar refractivity (Wildman–Crippen MR) is 71.5 cm³/mol. The fraction of sp³-hybridized carbons (Fsp3) is 0.400. The number of Topliss-reactive ketones (excluding diaryl/α,β-unsaturated/α-hetero) is 1.